The fourth-order valence-electron chi connectivity index (χ4n) is 2.59. The van der Waals surface area contributed by atoms with Crippen molar-refractivity contribution in [1.29, 1.82) is 5.26 Å². The minimum Gasteiger partial charge on any atom is -0.192 e. The number of nitriles is 1. The smallest absolute Gasteiger partial charge is 0.0991 e. The van der Waals surface area contributed by atoms with Crippen LogP contribution in [0.25, 0.3) is 22.3 Å². The molecular formula is C22H17N. The molecule has 1 heteroatoms. The van der Waals surface area contributed by atoms with Crippen molar-refractivity contribution < 1.29 is 0 Å². The fraction of sp³-hybridized carbons (Fsp3) is 0.0455. The van der Waals surface area contributed by atoms with Crippen LogP contribution in [0.4, 0.5) is 0 Å². The Kier molecular flexibility index (Phi) is 4.36. The van der Waals surface area contributed by atoms with Gasteiger partial charge in [-0.3, -0.25) is 0 Å². The third-order valence-corrected chi connectivity index (χ3v) is 3.90. The lowest BCUT2D eigenvalue weighted by Gasteiger charge is -2.06. The maximum atomic E-state index is 8.86. The highest BCUT2D eigenvalue weighted by atomic mass is 14.2. The zero-order chi connectivity index (χ0) is 16.1. The summed E-state index contributed by atoms with van der Waals surface area (Å²) in [5.41, 5.74) is 6.65. The van der Waals surface area contributed by atoms with Gasteiger partial charge in [0.1, 0.15) is 0 Å². The number of allylic oxidation sites excluding steroid dienone is 1. The van der Waals surface area contributed by atoms with E-state index >= 15 is 0 Å². The van der Waals surface area contributed by atoms with Crippen molar-refractivity contribution in [1.82, 2.24) is 0 Å². The molecule has 0 fully saturated rings. The summed E-state index contributed by atoms with van der Waals surface area (Å²) in [6, 6.07) is 26.9. The maximum Gasteiger partial charge on any atom is 0.0991 e. The SMILES string of the molecule is C=CCc1ccc(-c2ccc(-c3ccc(C#N)cc3)cc2)cc1. The van der Waals surface area contributed by atoms with Crippen LogP contribution in [0.3, 0.4) is 0 Å². The molecule has 0 spiro atoms. The first kappa shape index (κ1) is 14.8. The van der Waals surface area contributed by atoms with E-state index in [0.717, 1.165) is 17.5 Å². The standard InChI is InChI=1S/C22H17N/c1-2-3-17-4-8-19(9-5-17)21-12-14-22(15-13-21)20-10-6-18(16-23)7-11-20/h2,4-15H,1,3H2. The Labute approximate surface area is 137 Å². The van der Waals surface area contributed by atoms with E-state index in [-0.39, 0.29) is 0 Å². The van der Waals surface area contributed by atoms with Crippen LogP contribution in [0.5, 0.6) is 0 Å². The topological polar surface area (TPSA) is 23.8 Å². The summed E-state index contributed by atoms with van der Waals surface area (Å²) < 4.78 is 0. The predicted octanol–water partition coefficient (Wildman–Crippen LogP) is 5.62. The molecule has 0 saturated carbocycles. The molecule has 0 aliphatic rings. The van der Waals surface area contributed by atoms with Gasteiger partial charge in [0.25, 0.3) is 0 Å². The third kappa shape index (κ3) is 3.39. The number of hydrogen-bond acceptors (Lipinski definition) is 1. The van der Waals surface area contributed by atoms with Gasteiger partial charge in [-0.25, -0.2) is 0 Å². The van der Waals surface area contributed by atoms with Crippen LogP contribution in [0.1, 0.15) is 11.1 Å². The van der Waals surface area contributed by atoms with Gasteiger partial charge in [-0.15, -0.1) is 6.58 Å². The van der Waals surface area contributed by atoms with Gasteiger partial charge in [-0.1, -0.05) is 66.7 Å². The molecule has 0 heterocycles. The Morgan fingerprint density at radius 2 is 1.09 bits per heavy atom. The van der Waals surface area contributed by atoms with Crippen LogP contribution in [0.15, 0.2) is 85.5 Å². The average molecular weight is 295 g/mol. The van der Waals surface area contributed by atoms with Gasteiger partial charge in [-0.2, -0.15) is 5.26 Å². The van der Waals surface area contributed by atoms with Gasteiger partial charge in [-0.05, 0) is 46.4 Å². The van der Waals surface area contributed by atoms with Crippen LogP contribution < -0.4 is 0 Å². The van der Waals surface area contributed by atoms with E-state index < -0.39 is 0 Å². The van der Waals surface area contributed by atoms with Crippen molar-refractivity contribution in [2.24, 2.45) is 0 Å². The van der Waals surface area contributed by atoms with Crippen molar-refractivity contribution in [3.05, 3.63) is 96.6 Å². The second-order valence-corrected chi connectivity index (χ2v) is 5.46. The van der Waals surface area contributed by atoms with Crippen LogP contribution in [0.2, 0.25) is 0 Å². The number of hydrogen-bond donors (Lipinski definition) is 0. The normalized spacial score (nSPS) is 10.0. The number of rotatable bonds is 4. The highest BCUT2D eigenvalue weighted by Gasteiger charge is 2.01. The van der Waals surface area contributed by atoms with Gasteiger partial charge >= 0.3 is 0 Å². The highest BCUT2D eigenvalue weighted by Crippen LogP contribution is 2.25. The molecular weight excluding hydrogens is 278 g/mol. The van der Waals surface area contributed by atoms with Crippen molar-refractivity contribution >= 4 is 0 Å². The number of nitrogens with zero attached hydrogens (tertiary/aromatic N) is 1. The van der Waals surface area contributed by atoms with E-state index in [0.29, 0.717) is 5.56 Å². The lowest BCUT2D eigenvalue weighted by atomic mass is 9.99. The second-order valence-electron chi connectivity index (χ2n) is 5.46. The van der Waals surface area contributed by atoms with E-state index in [1.165, 1.54) is 16.7 Å². The highest BCUT2D eigenvalue weighted by molar-refractivity contribution is 5.70. The molecule has 0 aliphatic heterocycles. The van der Waals surface area contributed by atoms with Crippen molar-refractivity contribution in [2.75, 3.05) is 0 Å². The molecule has 0 aliphatic carbocycles. The molecule has 0 radical (unpaired) electrons. The van der Waals surface area contributed by atoms with E-state index in [2.05, 4.69) is 61.2 Å². The minimum atomic E-state index is 0.685. The molecule has 3 aromatic rings. The molecule has 0 N–H and O–H groups in total. The summed E-state index contributed by atoms with van der Waals surface area (Å²) in [5, 5.41) is 8.86. The van der Waals surface area contributed by atoms with Gasteiger partial charge in [0.05, 0.1) is 11.6 Å². The Morgan fingerprint density at radius 1 is 0.696 bits per heavy atom. The molecule has 0 bridgehead atoms. The van der Waals surface area contributed by atoms with E-state index in [4.69, 9.17) is 5.26 Å². The largest absolute Gasteiger partial charge is 0.192 e. The molecule has 3 aromatic carbocycles. The quantitative estimate of drug-likeness (QED) is 0.573. The molecule has 110 valence electrons. The Bertz CT molecular complexity index is 832. The Hall–Kier alpha value is -3.11. The van der Waals surface area contributed by atoms with Gasteiger partial charge < -0.3 is 0 Å². The predicted molar refractivity (Wildman–Crippen MR) is 95.9 cm³/mol. The van der Waals surface area contributed by atoms with Crippen molar-refractivity contribution in [3.8, 4) is 28.3 Å². The molecule has 0 saturated heterocycles. The number of benzene rings is 3. The first-order valence-electron chi connectivity index (χ1n) is 7.61. The van der Waals surface area contributed by atoms with E-state index in [1.807, 2.05) is 30.3 Å². The van der Waals surface area contributed by atoms with Crippen molar-refractivity contribution in [3.63, 3.8) is 0 Å². The molecule has 0 atom stereocenters. The fourth-order valence-corrected chi connectivity index (χ4v) is 2.59. The zero-order valence-electron chi connectivity index (χ0n) is 12.9. The summed E-state index contributed by atoms with van der Waals surface area (Å²) in [6.45, 7) is 3.77. The van der Waals surface area contributed by atoms with E-state index in [1.54, 1.807) is 0 Å². The third-order valence-electron chi connectivity index (χ3n) is 3.90. The van der Waals surface area contributed by atoms with Gasteiger partial charge in [0.2, 0.25) is 0 Å². The molecule has 23 heavy (non-hydrogen) atoms. The Morgan fingerprint density at radius 3 is 1.48 bits per heavy atom. The lowest BCUT2D eigenvalue weighted by molar-refractivity contribution is 1.28. The summed E-state index contributed by atoms with van der Waals surface area (Å²) in [4.78, 5) is 0. The summed E-state index contributed by atoms with van der Waals surface area (Å²) >= 11 is 0. The first-order chi connectivity index (χ1) is 11.3. The Balaban J connectivity index is 1.83. The second kappa shape index (κ2) is 6.77. The van der Waals surface area contributed by atoms with Crippen molar-refractivity contribution in [2.45, 2.75) is 6.42 Å². The molecule has 0 amide bonds. The first-order valence-corrected chi connectivity index (χ1v) is 7.61. The van der Waals surface area contributed by atoms with Gasteiger partial charge in [0.15, 0.2) is 0 Å². The van der Waals surface area contributed by atoms with Crippen LogP contribution in [-0.4, -0.2) is 0 Å². The van der Waals surface area contributed by atoms with Gasteiger partial charge in [0, 0.05) is 0 Å². The van der Waals surface area contributed by atoms with E-state index in [9.17, 15) is 0 Å². The maximum absolute atomic E-state index is 8.86. The molecule has 0 unspecified atom stereocenters. The van der Waals surface area contributed by atoms with Crippen LogP contribution >= 0.6 is 0 Å². The molecule has 0 aromatic heterocycles. The minimum absolute atomic E-state index is 0.685. The molecule has 3 rings (SSSR count). The average Bonchev–Trinajstić information content (AvgIpc) is 2.63. The van der Waals surface area contributed by atoms with Crippen LogP contribution in [0, 0.1) is 11.3 Å². The zero-order valence-corrected chi connectivity index (χ0v) is 12.9. The summed E-state index contributed by atoms with van der Waals surface area (Å²) in [7, 11) is 0. The summed E-state index contributed by atoms with van der Waals surface area (Å²) in [6.07, 6.45) is 2.82. The lowest BCUT2D eigenvalue weighted by Crippen LogP contribution is -1.83. The monoisotopic (exact) mass is 295 g/mol. The van der Waals surface area contributed by atoms with Crippen LogP contribution in [-0.2, 0) is 6.42 Å². The summed E-state index contributed by atoms with van der Waals surface area (Å²) in [5.74, 6) is 0. The molecule has 1 nitrogen and oxygen atoms in total.